The van der Waals surface area contributed by atoms with Crippen molar-refractivity contribution in [3.63, 3.8) is 0 Å². The summed E-state index contributed by atoms with van der Waals surface area (Å²) in [7, 11) is 1.70. The number of rotatable bonds is 2. The van der Waals surface area contributed by atoms with Crippen LogP contribution in [0.5, 0.6) is 0 Å². The average Bonchev–Trinajstić information content (AvgIpc) is 2.70. The number of hydrogen-bond acceptors (Lipinski definition) is 1. The highest BCUT2D eigenvalue weighted by atomic mass is 35.5. The smallest absolute Gasteiger partial charge is 0.255 e. The molecule has 1 saturated carbocycles. The van der Waals surface area contributed by atoms with Gasteiger partial charge in [0.05, 0.1) is 10.6 Å². The van der Waals surface area contributed by atoms with Gasteiger partial charge in [-0.3, -0.25) is 4.79 Å². The molecule has 1 aliphatic carbocycles. The van der Waals surface area contributed by atoms with E-state index in [1.165, 1.54) is 12.8 Å². The number of carbonyl (C=O) groups is 1. The van der Waals surface area contributed by atoms with E-state index in [0.717, 1.165) is 37.8 Å². The van der Waals surface area contributed by atoms with Gasteiger partial charge in [0, 0.05) is 13.1 Å². The fraction of sp³-hybridized carbons (Fsp3) is 0.533. The summed E-state index contributed by atoms with van der Waals surface area (Å²) >= 11 is 5.86. The molecule has 1 aromatic rings. The van der Waals surface area contributed by atoms with E-state index in [2.05, 4.69) is 0 Å². The second-order valence-electron chi connectivity index (χ2n) is 5.31. The molecule has 0 heterocycles. The minimum Gasteiger partial charge on any atom is -0.339 e. The van der Waals surface area contributed by atoms with E-state index in [1.807, 2.05) is 0 Å². The molecule has 1 fully saturated rings. The summed E-state index contributed by atoms with van der Waals surface area (Å²) in [6.45, 7) is 0. The predicted molar refractivity (Wildman–Crippen MR) is 75.0 cm³/mol. The van der Waals surface area contributed by atoms with Crippen molar-refractivity contribution in [2.24, 2.45) is 0 Å². The van der Waals surface area contributed by atoms with Gasteiger partial charge in [-0.2, -0.15) is 0 Å². The van der Waals surface area contributed by atoms with Crippen LogP contribution in [0.4, 0.5) is 8.78 Å². The Morgan fingerprint density at radius 3 is 2.30 bits per heavy atom. The molecular weight excluding hydrogens is 284 g/mol. The van der Waals surface area contributed by atoms with Gasteiger partial charge in [-0.25, -0.2) is 8.78 Å². The number of amides is 1. The first-order valence-electron chi connectivity index (χ1n) is 6.92. The Hall–Kier alpha value is -1.16. The Bertz CT molecular complexity index is 499. The van der Waals surface area contributed by atoms with Crippen molar-refractivity contribution in [2.75, 3.05) is 7.05 Å². The summed E-state index contributed by atoms with van der Waals surface area (Å²) in [5, 5.41) is -0.0469. The van der Waals surface area contributed by atoms with Gasteiger partial charge in [-0.1, -0.05) is 37.3 Å². The molecule has 0 aromatic heterocycles. The van der Waals surface area contributed by atoms with Gasteiger partial charge in [0.2, 0.25) is 0 Å². The fourth-order valence-electron chi connectivity index (χ4n) is 2.69. The molecule has 2 nitrogen and oxygen atoms in total. The molecule has 0 N–H and O–H groups in total. The van der Waals surface area contributed by atoms with Crippen LogP contribution in [-0.2, 0) is 0 Å². The molecule has 5 heteroatoms. The van der Waals surface area contributed by atoms with Gasteiger partial charge < -0.3 is 4.90 Å². The maximum Gasteiger partial charge on any atom is 0.255 e. The lowest BCUT2D eigenvalue weighted by atomic mass is 10.1. The van der Waals surface area contributed by atoms with Crippen LogP contribution in [0.3, 0.4) is 0 Å². The third kappa shape index (κ3) is 3.29. The first-order valence-corrected chi connectivity index (χ1v) is 7.30. The van der Waals surface area contributed by atoms with E-state index >= 15 is 0 Å². The molecule has 2 rings (SSSR count). The lowest BCUT2D eigenvalue weighted by Crippen LogP contribution is -2.37. The van der Waals surface area contributed by atoms with Crippen molar-refractivity contribution < 1.29 is 13.6 Å². The van der Waals surface area contributed by atoms with E-state index in [-0.39, 0.29) is 22.5 Å². The van der Waals surface area contributed by atoms with Crippen LogP contribution >= 0.6 is 11.6 Å². The largest absolute Gasteiger partial charge is 0.339 e. The molecule has 1 aliphatic rings. The van der Waals surface area contributed by atoms with Crippen LogP contribution in [0.15, 0.2) is 12.1 Å². The summed E-state index contributed by atoms with van der Waals surface area (Å²) < 4.78 is 26.3. The molecule has 0 saturated heterocycles. The van der Waals surface area contributed by atoms with Crippen LogP contribution < -0.4 is 0 Å². The van der Waals surface area contributed by atoms with Crippen LogP contribution in [0, 0.1) is 11.6 Å². The fourth-order valence-corrected chi connectivity index (χ4v) is 2.92. The highest BCUT2D eigenvalue weighted by molar-refractivity contribution is 6.33. The molecule has 0 unspecified atom stereocenters. The predicted octanol–water partition coefficient (Wildman–Crippen LogP) is 4.41. The molecule has 1 amide bonds. The Balaban J connectivity index is 2.19. The standard InChI is InChI=1S/C15H18ClF2NO/c1-19(10-6-4-2-3-5-7-10)15(20)11-8-13(17)14(18)9-12(11)16/h8-10H,2-7H2,1H3. The number of halogens is 3. The van der Waals surface area contributed by atoms with Gasteiger partial charge in [0.15, 0.2) is 11.6 Å². The topological polar surface area (TPSA) is 20.3 Å². The number of carbonyl (C=O) groups excluding carboxylic acids is 1. The molecule has 0 atom stereocenters. The Morgan fingerprint density at radius 1 is 1.15 bits per heavy atom. The number of benzene rings is 1. The van der Waals surface area contributed by atoms with Crippen molar-refractivity contribution in [3.8, 4) is 0 Å². The van der Waals surface area contributed by atoms with Gasteiger partial charge in [0.1, 0.15) is 0 Å². The molecule has 0 spiro atoms. The zero-order valence-corrected chi connectivity index (χ0v) is 12.2. The normalized spacial score (nSPS) is 16.8. The van der Waals surface area contributed by atoms with Crippen molar-refractivity contribution >= 4 is 17.5 Å². The second kappa shape index (κ2) is 6.53. The van der Waals surface area contributed by atoms with Gasteiger partial charge in [-0.15, -0.1) is 0 Å². The van der Waals surface area contributed by atoms with Crippen molar-refractivity contribution in [3.05, 3.63) is 34.4 Å². The average molecular weight is 302 g/mol. The zero-order valence-electron chi connectivity index (χ0n) is 11.5. The minimum absolute atomic E-state index is 0.0253. The monoisotopic (exact) mass is 301 g/mol. The molecule has 0 bridgehead atoms. The van der Waals surface area contributed by atoms with Crippen molar-refractivity contribution in [2.45, 2.75) is 44.6 Å². The Morgan fingerprint density at radius 2 is 1.70 bits per heavy atom. The molecule has 0 radical (unpaired) electrons. The van der Waals surface area contributed by atoms with Gasteiger partial charge >= 0.3 is 0 Å². The maximum absolute atomic E-state index is 13.3. The third-order valence-electron chi connectivity index (χ3n) is 3.93. The van der Waals surface area contributed by atoms with E-state index in [9.17, 15) is 13.6 Å². The summed E-state index contributed by atoms with van der Waals surface area (Å²) in [4.78, 5) is 14.0. The van der Waals surface area contributed by atoms with E-state index < -0.39 is 11.6 Å². The summed E-state index contributed by atoms with van der Waals surface area (Å²) in [6.07, 6.45) is 6.45. The van der Waals surface area contributed by atoms with Crippen molar-refractivity contribution in [1.82, 2.24) is 4.90 Å². The van der Waals surface area contributed by atoms with E-state index in [0.29, 0.717) is 0 Å². The quantitative estimate of drug-likeness (QED) is 0.585. The van der Waals surface area contributed by atoms with Crippen molar-refractivity contribution in [1.29, 1.82) is 0 Å². The van der Waals surface area contributed by atoms with Crippen LogP contribution in [0.1, 0.15) is 48.9 Å². The van der Waals surface area contributed by atoms with Crippen LogP contribution in [0.2, 0.25) is 5.02 Å². The lowest BCUT2D eigenvalue weighted by molar-refractivity contribution is 0.0717. The summed E-state index contributed by atoms with van der Waals surface area (Å²) in [6, 6.07) is 1.88. The van der Waals surface area contributed by atoms with E-state index in [1.54, 1.807) is 11.9 Å². The highest BCUT2D eigenvalue weighted by Crippen LogP contribution is 2.25. The molecule has 20 heavy (non-hydrogen) atoms. The first kappa shape index (κ1) is 15.2. The van der Waals surface area contributed by atoms with Crippen LogP contribution in [0.25, 0.3) is 0 Å². The number of nitrogens with zero attached hydrogens (tertiary/aromatic N) is 1. The maximum atomic E-state index is 13.3. The minimum atomic E-state index is -1.05. The Kier molecular flexibility index (Phi) is 4.97. The second-order valence-corrected chi connectivity index (χ2v) is 5.71. The SMILES string of the molecule is CN(C(=O)c1cc(F)c(F)cc1Cl)C1CCCCCC1. The third-order valence-corrected chi connectivity index (χ3v) is 4.25. The number of hydrogen-bond donors (Lipinski definition) is 0. The summed E-state index contributed by atoms with van der Waals surface area (Å²) in [5.74, 6) is -2.43. The van der Waals surface area contributed by atoms with Gasteiger partial charge in [-0.05, 0) is 25.0 Å². The summed E-state index contributed by atoms with van der Waals surface area (Å²) in [5.41, 5.74) is 0.0253. The first-order chi connectivity index (χ1) is 9.50. The highest BCUT2D eigenvalue weighted by Gasteiger charge is 2.24. The lowest BCUT2D eigenvalue weighted by Gasteiger charge is -2.27. The molecule has 110 valence electrons. The molecule has 0 aliphatic heterocycles. The van der Waals surface area contributed by atoms with Crippen LogP contribution in [-0.4, -0.2) is 23.9 Å². The molecule has 1 aromatic carbocycles. The van der Waals surface area contributed by atoms with Gasteiger partial charge in [0.25, 0.3) is 5.91 Å². The Labute approximate surface area is 122 Å². The zero-order chi connectivity index (χ0) is 14.7. The molecular formula is C15H18ClF2NO. The van der Waals surface area contributed by atoms with E-state index in [4.69, 9.17) is 11.6 Å².